The van der Waals surface area contributed by atoms with Gasteiger partial charge in [-0.25, -0.2) is 14.4 Å². The third-order valence-electron chi connectivity index (χ3n) is 7.71. The van der Waals surface area contributed by atoms with Crippen LogP contribution in [-0.4, -0.2) is 57.6 Å². The van der Waals surface area contributed by atoms with E-state index in [0.717, 1.165) is 79.0 Å². The molecule has 2 N–H and O–H groups in total. The molecule has 174 valence electrons. The Morgan fingerprint density at radius 3 is 2.82 bits per heavy atom. The Labute approximate surface area is 196 Å². The highest BCUT2D eigenvalue weighted by Crippen LogP contribution is 2.45. The van der Waals surface area contributed by atoms with Crippen LogP contribution in [0.4, 0.5) is 4.39 Å². The summed E-state index contributed by atoms with van der Waals surface area (Å²) in [6.45, 7) is 3.58. The lowest BCUT2D eigenvalue weighted by Gasteiger charge is -2.26. The molecule has 1 spiro atoms. The Balaban J connectivity index is 1.22. The highest BCUT2D eigenvalue weighted by Gasteiger charge is 2.49. The number of H-pyrrole nitrogens is 1. The Morgan fingerprint density at radius 2 is 2.03 bits per heavy atom. The summed E-state index contributed by atoms with van der Waals surface area (Å²) >= 11 is 0. The fourth-order valence-electron chi connectivity index (χ4n) is 5.61. The van der Waals surface area contributed by atoms with Crippen LogP contribution in [0.1, 0.15) is 45.6 Å². The van der Waals surface area contributed by atoms with Crippen LogP contribution in [0.15, 0.2) is 24.4 Å². The van der Waals surface area contributed by atoms with Gasteiger partial charge in [-0.15, -0.1) is 0 Å². The Kier molecular flexibility index (Phi) is 4.45. The Bertz CT molecular complexity index is 1320. The van der Waals surface area contributed by atoms with Gasteiger partial charge in [-0.3, -0.25) is 9.69 Å². The third-order valence-corrected chi connectivity index (χ3v) is 7.71. The molecule has 1 saturated heterocycles. The number of fused-ring (bicyclic) bond motifs is 5. The number of nitrogens with one attached hydrogen (secondary N) is 2. The summed E-state index contributed by atoms with van der Waals surface area (Å²) in [6, 6.07) is 5.26. The molecule has 7 rings (SSSR count). The van der Waals surface area contributed by atoms with E-state index in [0.29, 0.717) is 36.7 Å². The van der Waals surface area contributed by atoms with E-state index in [2.05, 4.69) is 20.2 Å². The molecular weight excluding hydrogens is 433 g/mol. The summed E-state index contributed by atoms with van der Waals surface area (Å²) in [5.41, 5.74) is 6.97. The van der Waals surface area contributed by atoms with Crippen molar-refractivity contribution < 1.29 is 13.9 Å². The molecule has 1 amide bonds. The lowest BCUT2D eigenvalue weighted by atomic mass is 9.89. The van der Waals surface area contributed by atoms with E-state index in [1.54, 1.807) is 0 Å². The average molecular weight is 460 g/mol. The predicted octanol–water partition coefficient (Wildman–Crippen LogP) is 3.03. The number of rotatable bonds is 3. The maximum Gasteiger partial charge on any atom is 0.253 e. The van der Waals surface area contributed by atoms with Gasteiger partial charge in [0.2, 0.25) is 0 Å². The summed E-state index contributed by atoms with van der Waals surface area (Å²) in [6.07, 6.45) is 6.36. The minimum absolute atomic E-state index is 0.0342. The first-order valence-electron chi connectivity index (χ1n) is 12.1. The maximum absolute atomic E-state index is 15.0. The van der Waals surface area contributed by atoms with Gasteiger partial charge in [0.05, 0.1) is 30.2 Å². The molecule has 0 bridgehead atoms. The normalized spacial score (nSPS) is 20.4. The number of ether oxygens (including phenoxy) is 1. The molecule has 0 atom stereocenters. The maximum atomic E-state index is 15.0. The number of aromatic nitrogens is 3. The van der Waals surface area contributed by atoms with Gasteiger partial charge in [0.25, 0.3) is 5.91 Å². The van der Waals surface area contributed by atoms with Gasteiger partial charge >= 0.3 is 0 Å². The summed E-state index contributed by atoms with van der Waals surface area (Å²) in [5, 5.41) is 3.22. The zero-order valence-electron chi connectivity index (χ0n) is 18.9. The molecule has 7 nitrogen and oxygen atoms in total. The molecule has 4 aliphatic rings. The third kappa shape index (κ3) is 3.27. The number of carbonyl (C=O) groups excluding carboxylic acids is 1. The second-order valence-electron chi connectivity index (χ2n) is 10.0. The van der Waals surface area contributed by atoms with Crippen LogP contribution >= 0.6 is 0 Å². The number of amides is 1. The van der Waals surface area contributed by atoms with Gasteiger partial charge in [-0.1, -0.05) is 12.1 Å². The summed E-state index contributed by atoms with van der Waals surface area (Å²) < 4.78 is 20.4. The van der Waals surface area contributed by atoms with Crippen LogP contribution in [0.5, 0.6) is 0 Å². The Hall–Kier alpha value is -3.10. The van der Waals surface area contributed by atoms with E-state index in [1.165, 1.54) is 6.07 Å². The minimum atomic E-state index is -0.243. The number of halogens is 1. The summed E-state index contributed by atoms with van der Waals surface area (Å²) in [7, 11) is 0. The quantitative estimate of drug-likeness (QED) is 0.629. The number of nitrogens with zero attached hydrogens (tertiary/aromatic N) is 3. The monoisotopic (exact) mass is 459 g/mol. The SMILES string of the molecule is O=C1NC2(CC2)Cc2[nH]c3c(c21)CCc1cnc(-c2ccc(CN4CCOCC4)c(F)c2)nc1-3. The molecule has 8 heteroatoms. The lowest BCUT2D eigenvalue weighted by Crippen LogP contribution is -2.43. The number of hydrogen-bond acceptors (Lipinski definition) is 5. The Morgan fingerprint density at radius 1 is 1.18 bits per heavy atom. The van der Waals surface area contributed by atoms with Gasteiger partial charge < -0.3 is 15.0 Å². The van der Waals surface area contributed by atoms with Crippen molar-refractivity contribution in [3.8, 4) is 22.8 Å². The number of benzene rings is 1. The number of aryl methyl sites for hydroxylation is 1. The summed E-state index contributed by atoms with van der Waals surface area (Å²) in [5.74, 6) is 0.291. The van der Waals surface area contributed by atoms with Crippen molar-refractivity contribution in [1.29, 1.82) is 0 Å². The molecule has 2 aliphatic carbocycles. The van der Waals surface area contributed by atoms with E-state index in [9.17, 15) is 9.18 Å². The molecule has 1 saturated carbocycles. The van der Waals surface area contributed by atoms with Crippen LogP contribution in [0.2, 0.25) is 0 Å². The molecule has 0 unspecified atom stereocenters. The molecule has 0 radical (unpaired) electrons. The molecule has 2 aliphatic heterocycles. The van der Waals surface area contributed by atoms with Gasteiger partial charge in [0.15, 0.2) is 5.82 Å². The van der Waals surface area contributed by atoms with Crippen LogP contribution in [0.3, 0.4) is 0 Å². The molecule has 1 aromatic carbocycles. The fourth-order valence-corrected chi connectivity index (χ4v) is 5.61. The van der Waals surface area contributed by atoms with Gasteiger partial charge in [0, 0.05) is 54.6 Å². The van der Waals surface area contributed by atoms with Gasteiger partial charge in [-0.2, -0.15) is 0 Å². The van der Waals surface area contributed by atoms with Crippen LogP contribution in [0.25, 0.3) is 22.8 Å². The predicted molar refractivity (Wildman–Crippen MR) is 124 cm³/mol. The zero-order valence-corrected chi connectivity index (χ0v) is 18.9. The van der Waals surface area contributed by atoms with Crippen molar-refractivity contribution in [3.63, 3.8) is 0 Å². The van der Waals surface area contributed by atoms with E-state index in [4.69, 9.17) is 9.72 Å². The van der Waals surface area contributed by atoms with E-state index in [-0.39, 0.29) is 17.3 Å². The molecule has 4 heterocycles. The summed E-state index contributed by atoms with van der Waals surface area (Å²) in [4.78, 5) is 28.0. The van der Waals surface area contributed by atoms with Gasteiger partial charge in [-0.05, 0) is 42.9 Å². The molecule has 34 heavy (non-hydrogen) atoms. The van der Waals surface area contributed by atoms with Crippen LogP contribution in [0, 0.1) is 5.82 Å². The molecule has 2 fully saturated rings. The van der Waals surface area contributed by atoms with E-state index >= 15 is 0 Å². The first-order valence-corrected chi connectivity index (χ1v) is 12.1. The van der Waals surface area contributed by atoms with Crippen molar-refractivity contribution in [2.45, 2.75) is 44.2 Å². The molecule has 2 aromatic heterocycles. The second kappa shape index (κ2) is 7.45. The topological polar surface area (TPSA) is 83.1 Å². The van der Waals surface area contributed by atoms with Crippen LogP contribution in [-0.2, 0) is 30.5 Å². The number of aromatic amines is 1. The van der Waals surface area contributed by atoms with E-state index in [1.807, 2.05) is 18.3 Å². The first kappa shape index (κ1) is 20.3. The van der Waals surface area contributed by atoms with Crippen molar-refractivity contribution in [2.24, 2.45) is 0 Å². The largest absolute Gasteiger partial charge is 0.379 e. The molecular formula is C26H26FN5O2. The lowest BCUT2D eigenvalue weighted by molar-refractivity contribution is 0.0337. The average Bonchev–Trinajstić information content (AvgIpc) is 3.46. The van der Waals surface area contributed by atoms with Gasteiger partial charge in [0.1, 0.15) is 5.82 Å². The minimum Gasteiger partial charge on any atom is -0.379 e. The number of hydrogen-bond donors (Lipinski definition) is 2. The van der Waals surface area contributed by atoms with Crippen molar-refractivity contribution in [1.82, 2.24) is 25.2 Å². The highest BCUT2D eigenvalue weighted by molar-refractivity contribution is 6.01. The first-order chi connectivity index (χ1) is 16.6. The zero-order chi connectivity index (χ0) is 22.9. The fraction of sp³-hybridized carbons (Fsp3) is 0.423. The van der Waals surface area contributed by atoms with E-state index < -0.39 is 0 Å². The van der Waals surface area contributed by atoms with Crippen molar-refractivity contribution in [2.75, 3.05) is 26.3 Å². The second-order valence-corrected chi connectivity index (χ2v) is 10.0. The standard InChI is InChI=1S/C26H26FN5O2/c27-19-11-15(1-2-17(19)14-32-7-9-34-10-8-32)24-28-13-16-3-4-18-21-20(29-23(18)22(16)30-24)12-26(5-6-26)31-25(21)33/h1-2,11,13,29H,3-10,12,14H2,(H,31,33). The highest BCUT2D eigenvalue weighted by atomic mass is 19.1. The smallest absolute Gasteiger partial charge is 0.253 e. The molecule has 3 aromatic rings. The van der Waals surface area contributed by atoms with Crippen molar-refractivity contribution in [3.05, 3.63) is 58.2 Å². The number of carbonyl (C=O) groups is 1. The van der Waals surface area contributed by atoms with Crippen LogP contribution < -0.4 is 5.32 Å². The number of morpholine rings is 1. The van der Waals surface area contributed by atoms with Crippen molar-refractivity contribution >= 4 is 5.91 Å².